The van der Waals surface area contributed by atoms with E-state index >= 15 is 0 Å². The lowest BCUT2D eigenvalue weighted by molar-refractivity contribution is -0.0783. The van der Waals surface area contributed by atoms with Gasteiger partial charge in [-0.25, -0.2) is 0 Å². The molecule has 0 fully saturated rings. The number of hydrogen-bond acceptors (Lipinski definition) is 3. The Morgan fingerprint density at radius 1 is 0.365 bits per heavy atom. The van der Waals surface area contributed by atoms with E-state index in [-0.39, 0.29) is 22.0 Å². The van der Waals surface area contributed by atoms with Crippen molar-refractivity contribution in [1.82, 2.24) is 4.90 Å². The first-order chi connectivity index (χ1) is 30.1. The fourth-order valence-electron chi connectivity index (χ4n) is 11.2. The van der Waals surface area contributed by atoms with Gasteiger partial charge in [0.2, 0.25) is 0 Å². The molecule has 0 rings (SSSR count). The Kier molecular flexibility index (Phi) is 40.8. The first-order valence-electron chi connectivity index (χ1n) is 29.0. The number of nitrogens with zero attached hydrogens (tertiary/aromatic N) is 1. The summed E-state index contributed by atoms with van der Waals surface area (Å²) < 4.78 is 12.2. The van der Waals surface area contributed by atoms with Gasteiger partial charge in [-0.1, -0.05) is 273 Å². The number of rotatable bonds is 50. The second kappa shape index (κ2) is 40.9. The van der Waals surface area contributed by atoms with E-state index < -0.39 is 0 Å². The molecule has 380 valence electrons. The van der Waals surface area contributed by atoms with Gasteiger partial charge in [0.25, 0.3) is 0 Å². The molecule has 0 aliphatic carbocycles. The highest BCUT2D eigenvalue weighted by molar-refractivity contribution is 4.88. The summed E-state index contributed by atoms with van der Waals surface area (Å²) >= 11 is 0. The van der Waals surface area contributed by atoms with Crippen LogP contribution >= 0.6 is 0 Å². The third-order valence-corrected chi connectivity index (χ3v) is 14.7. The summed E-state index contributed by atoms with van der Waals surface area (Å²) in [5.74, 6) is 0. The smallest absolute Gasteiger partial charge is 0.0644 e. The highest BCUT2D eigenvalue weighted by atomic mass is 16.5. The normalized spacial score (nSPS) is 13.0. The molecule has 0 heterocycles. The summed E-state index contributed by atoms with van der Waals surface area (Å²) in [5.41, 5.74) is 0.191. The van der Waals surface area contributed by atoms with Crippen molar-refractivity contribution in [1.29, 1.82) is 0 Å². The van der Waals surface area contributed by atoms with Crippen molar-refractivity contribution in [2.45, 2.75) is 350 Å². The van der Waals surface area contributed by atoms with Crippen molar-refractivity contribution in [3.8, 4) is 0 Å². The van der Waals surface area contributed by atoms with Gasteiger partial charge in [0.15, 0.2) is 0 Å². The van der Waals surface area contributed by atoms with Gasteiger partial charge in [0.05, 0.1) is 17.8 Å². The summed E-state index contributed by atoms with van der Waals surface area (Å²) in [7, 11) is 4.27. The number of hydrogen-bond donors (Lipinski definition) is 0. The van der Waals surface area contributed by atoms with Crippen LogP contribution in [0.15, 0.2) is 0 Å². The molecule has 0 amide bonds. The molecule has 3 heteroatoms. The predicted octanol–water partition coefficient (Wildman–Crippen LogP) is 20.6. The first-order valence-corrected chi connectivity index (χ1v) is 29.0. The quantitative estimate of drug-likeness (QED) is 0.0568. The summed E-state index contributed by atoms with van der Waals surface area (Å²) in [6.07, 6.45) is 58.2. The predicted molar refractivity (Wildman–Crippen MR) is 286 cm³/mol. The van der Waals surface area contributed by atoms with Crippen LogP contribution in [0.4, 0.5) is 0 Å². The van der Waals surface area contributed by atoms with Crippen LogP contribution in [0.5, 0.6) is 0 Å². The Bertz CT molecular complexity index is 898. The summed E-state index contributed by atoms with van der Waals surface area (Å²) in [6, 6.07) is 0.721. The fourth-order valence-corrected chi connectivity index (χ4v) is 11.2. The van der Waals surface area contributed by atoms with Crippen LogP contribution in [0, 0.1) is 10.8 Å². The Hall–Kier alpha value is -0.120. The minimum Gasteiger partial charge on any atom is -0.379 e. The van der Waals surface area contributed by atoms with Gasteiger partial charge in [-0.05, 0) is 77.7 Å². The Labute approximate surface area is 400 Å². The molecule has 3 nitrogen and oxygen atoms in total. The third kappa shape index (κ3) is 42.9. The van der Waals surface area contributed by atoms with E-state index in [1.807, 2.05) is 7.11 Å². The Morgan fingerprint density at radius 2 is 0.651 bits per heavy atom. The molecule has 0 saturated heterocycles. The molecule has 0 aliphatic rings. The Morgan fingerprint density at radius 3 is 0.937 bits per heavy atom. The molecule has 0 aliphatic heterocycles. The molecule has 0 aromatic rings. The fraction of sp³-hybridized carbons (Fsp3) is 1.00. The van der Waals surface area contributed by atoms with E-state index in [0.717, 1.165) is 25.5 Å². The SMILES string of the molecule is CCCCCCCCCCCCCCCCCCCCC(CCCCCCCCCCCCCCCCCCCC)N(C)CC(C)(C)CC(C)(C)CC(C)(C)OCCC(C)(C)OC. The van der Waals surface area contributed by atoms with Crippen LogP contribution in [0.25, 0.3) is 0 Å². The summed E-state index contributed by atoms with van der Waals surface area (Å²) in [5, 5.41) is 0. The van der Waals surface area contributed by atoms with Crippen molar-refractivity contribution < 1.29 is 9.47 Å². The van der Waals surface area contributed by atoms with Gasteiger partial charge >= 0.3 is 0 Å². The number of ether oxygens (including phenoxy) is 2. The summed E-state index contributed by atoms with van der Waals surface area (Å²) in [4.78, 5) is 2.80. The number of methoxy groups -OCH3 is 1. The van der Waals surface area contributed by atoms with Crippen molar-refractivity contribution >= 4 is 0 Å². The zero-order chi connectivity index (χ0) is 47.0. The molecule has 63 heavy (non-hydrogen) atoms. The molecule has 0 aromatic carbocycles. The highest BCUT2D eigenvalue weighted by Crippen LogP contribution is 2.41. The molecule has 0 aromatic heterocycles. The maximum atomic E-state index is 6.50. The van der Waals surface area contributed by atoms with Gasteiger partial charge < -0.3 is 14.4 Å². The van der Waals surface area contributed by atoms with Gasteiger partial charge in [0, 0.05) is 19.7 Å². The minimum atomic E-state index is -0.142. The second-order valence-corrected chi connectivity index (χ2v) is 24.2. The lowest BCUT2D eigenvalue weighted by Gasteiger charge is -2.43. The average Bonchev–Trinajstić information content (AvgIpc) is 3.20. The van der Waals surface area contributed by atoms with Gasteiger partial charge in [-0.2, -0.15) is 0 Å². The topological polar surface area (TPSA) is 21.7 Å². The van der Waals surface area contributed by atoms with E-state index in [4.69, 9.17) is 9.47 Å². The minimum absolute atomic E-state index is 0.133. The lowest BCUT2D eigenvalue weighted by Crippen LogP contribution is -2.42. The van der Waals surface area contributed by atoms with E-state index in [1.54, 1.807) is 0 Å². The summed E-state index contributed by atoms with van der Waals surface area (Å²) in [6.45, 7) is 25.5. The molecule has 0 radical (unpaired) electrons. The third-order valence-electron chi connectivity index (χ3n) is 14.7. The van der Waals surface area contributed by atoms with Crippen LogP contribution in [0.3, 0.4) is 0 Å². The van der Waals surface area contributed by atoms with Crippen molar-refractivity contribution in [3.05, 3.63) is 0 Å². The lowest BCUT2D eigenvalue weighted by atomic mass is 9.70. The maximum Gasteiger partial charge on any atom is 0.0644 e. The average molecular weight is 891 g/mol. The maximum absolute atomic E-state index is 6.50. The number of unbranched alkanes of at least 4 members (excludes halogenated alkanes) is 34. The van der Waals surface area contributed by atoms with E-state index in [2.05, 4.69) is 81.2 Å². The van der Waals surface area contributed by atoms with Crippen LogP contribution in [0.2, 0.25) is 0 Å². The van der Waals surface area contributed by atoms with E-state index in [0.29, 0.717) is 0 Å². The van der Waals surface area contributed by atoms with Crippen LogP contribution < -0.4 is 0 Å². The molecule has 0 unspecified atom stereocenters. The van der Waals surface area contributed by atoms with E-state index in [9.17, 15) is 0 Å². The van der Waals surface area contributed by atoms with Crippen molar-refractivity contribution in [2.75, 3.05) is 27.3 Å². The molecule has 0 atom stereocenters. The Balaban J connectivity index is 4.66. The highest BCUT2D eigenvalue weighted by Gasteiger charge is 2.36. The van der Waals surface area contributed by atoms with Gasteiger partial charge in [-0.15, -0.1) is 0 Å². The van der Waals surface area contributed by atoms with Crippen molar-refractivity contribution in [3.63, 3.8) is 0 Å². The van der Waals surface area contributed by atoms with Gasteiger partial charge in [-0.3, -0.25) is 0 Å². The molecule has 0 spiro atoms. The first kappa shape index (κ1) is 62.9. The van der Waals surface area contributed by atoms with Crippen molar-refractivity contribution in [2.24, 2.45) is 10.8 Å². The largest absolute Gasteiger partial charge is 0.379 e. The molecule has 0 bridgehead atoms. The monoisotopic (exact) mass is 890 g/mol. The van der Waals surface area contributed by atoms with E-state index in [1.165, 1.54) is 257 Å². The zero-order valence-corrected chi connectivity index (χ0v) is 46.2. The van der Waals surface area contributed by atoms with Crippen LogP contribution in [-0.2, 0) is 9.47 Å². The van der Waals surface area contributed by atoms with Crippen LogP contribution in [0.1, 0.15) is 332 Å². The van der Waals surface area contributed by atoms with Crippen LogP contribution in [-0.4, -0.2) is 49.5 Å². The standard InChI is InChI=1S/C60H123NO2/c1-13-15-17-19-21-23-25-27-29-31-33-35-37-39-41-43-45-47-49-56(50-48-46-44-42-40-38-36-34-32-30-28-26-24-22-20-18-16-14-2)61(11)55-58(5,6)53-57(3,4)54-60(9,10)63-52-51-59(7,8)62-12/h56H,13-55H2,1-12H3. The molecule has 0 N–H and O–H groups in total. The zero-order valence-electron chi connectivity index (χ0n) is 46.2. The molecular formula is C60H123NO2. The molecular weight excluding hydrogens is 767 g/mol. The second-order valence-electron chi connectivity index (χ2n) is 24.2. The van der Waals surface area contributed by atoms with Gasteiger partial charge in [0.1, 0.15) is 0 Å². The molecule has 0 saturated carbocycles.